The van der Waals surface area contributed by atoms with Crippen LogP contribution in [0.1, 0.15) is 39.0 Å². The lowest BCUT2D eigenvalue weighted by atomic mass is 10.0. The molecule has 2 amide bonds. The lowest BCUT2D eigenvalue weighted by Gasteiger charge is -2.37. The molecule has 26 heavy (non-hydrogen) atoms. The summed E-state index contributed by atoms with van der Waals surface area (Å²) in [5, 5.41) is 2.94. The second kappa shape index (κ2) is 8.06. The average molecular weight is 361 g/mol. The summed E-state index contributed by atoms with van der Waals surface area (Å²) in [5.41, 5.74) is -0.263. The number of anilines is 1. The van der Waals surface area contributed by atoms with E-state index in [9.17, 15) is 14.0 Å². The number of carbonyl (C=O) groups is 2. The fourth-order valence-electron chi connectivity index (χ4n) is 3.57. The Kier molecular flexibility index (Phi) is 5.79. The summed E-state index contributed by atoms with van der Waals surface area (Å²) in [6.45, 7) is 4.98. The van der Waals surface area contributed by atoms with E-state index in [2.05, 4.69) is 12.2 Å². The quantitative estimate of drug-likeness (QED) is 0.600. The first-order valence-electron chi connectivity index (χ1n) is 9.65. The van der Waals surface area contributed by atoms with Crippen molar-refractivity contribution in [3.63, 3.8) is 0 Å². The molecule has 1 heterocycles. The summed E-state index contributed by atoms with van der Waals surface area (Å²) in [5.74, 6) is -0.411. The Morgan fingerprint density at radius 2 is 1.81 bits per heavy atom. The van der Waals surface area contributed by atoms with Crippen molar-refractivity contribution in [2.24, 2.45) is 5.41 Å². The summed E-state index contributed by atoms with van der Waals surface area (Å²) in [4.78, 5) is 29.1. The summed E-state index contributed by atoms with van der Waals surface area (Å²) >= 11 is 0. The third kappa shape index (κ3) is 3.84. The van der Waals surface area contributed by atoms with Gasteiger partial charge in [-0.2, -0.15) is 0 Å². The van der Waals surface area contributed by atoms with Gasteiger partial charge >= 0.3 is 0 Å². The molecule has 1 aromatic rings. The number of halogens is 1. The molecule has 0 spiro atoms. The molecule has 1 saturated heterocycles. The summed E-state index contributed by atoms with van der Waals surface area (Å²) in [6, 6.07) is 6.71. The monoisotopic (exact) mass is 361 g/mol. The van der Waals surface area contributed by atoms with Crippen molar-refractivity contribution in [1.82, 2.24) is 10.2 Å². The number of unbranched alkanes of at least 4 members (excludes halogenated alkanes) is 2. The van der Waals surface area contributed by atoms with Gasteiger partial charge in [-0.1, -0.05) is 31.9 Å². The van der Waals surface area contributed by atoms with E-state index in [4.69, 9.17) is 0 Å². The van der Waals surface area contributed by atoms with Gasteiger partial charge in [-0.3, -0.25) is 9.59 Å². The van der Waals surface area contributed by atoms with E-state index >= 15 is 0 Å². The second-order valence-electron chi connectivity index (χ2n) is 7.28. The highest BCUT2D eigenvalue weighted by Crippen LogP contribution is 2.47. The maximum absolute atomic E-state index is 13.9. The van der Waals surface area contributed by atoms with Gasteiger partial charge < -0.3 is 15.1 Å². The van der Waals surface area contributed by atoms with Crippen LogP contribution in [0.15, 0.2) is 24.3 Å². The van der Waals surface area contributed by atoms with Crippen molar-refractivity contribution in [3.8, 4) is 0 Å². The molecule has 142 valence electrons. The predicted octanol–water partition coefficient (Wildman–Crippen LogP) is 2.56. The molecule has 1 aliphatic heterocycles. The van der Waals surface area contributed by atoms with Gasteiger partial charge in [0, 0.05) is 32.7 Å². The fourth-order valence-corrected chi connectivity index (χ4v) is 3.57. The van der Waals surface area contributed by atoms with Gasteiger partial charge in [0.25, 0.3) is 0 Å². The number of hydrogen-bond acceptors (Lipinski definition) is 3. The normalized spacial score (nSPS) is 18.5. The molecular formula is C20H28FN3O2. The summed E-state index contributed by atoms with van der Waals surface area (Å²) < 4.78 is 13.9. The first-order chi connectivity index (χ1) is 12.6. The van der Waals surface area contributed by atoms with Crippen molar-refractivity contribution in [1.29, 1.82) is 0 Å². The van der Waals surface area contributed by atoms with E-state index in [0.29, 0.717) is 51.3 Å². The van der Waals surface area contributed by atoms with Crippen molar-refractivity contribution in [2.45, 2.75) is 39.0 Å². The topological polar surface area (TPSA) is 52.7 Å². The Morgan fingerprint density at radius 1 is 1.12 bits per heavy atom. The van der Waals surface area contributed by atoms with Crippen LogP contribution in [0.3, 0.4) is 0 Å². The Labute approximate surface area is 154 Å². The van der Waals surface area contributed by atoms with Gasteiger partial charge in [0.1, 0.15) is 11.2 Å². The van der Waals surface area contributed by atoms with E-state index < -0.39 is 5.41 Å². The number of hydrogen-bond donors (Lipinski definition) is 1. The smallest absolute Gasteiger partial charge is 0.238 e. The maximum Gasteiger partial charge on any atom is 0.238 e. The molecule has 1 saturated carbocycles. The number of rotatable bonds is 7. The lowest BCUT2D eigenvalue weighted by Crippen LogP contribution is -2.53. The fraction of sp³-hybridized carbons (Fsp3) is 0.600. The van der Waals surface area contributed by atoms with Gasteiger partial charge in [-0.05, 0) is 31.4 Å². The van der Waals surface area contributed by atoms with Crippen LogP contribution >= 0.6 is 0 Å². The van der Waals surface area contributed by atoms with Gasteiger partial charge in [0.15, 0.2) is 0 Å². The van der Waals surface area contributed by atoms with E-state index in [1.165, 1.54) is 6.07 Å². The zero-order valence-corrected chi connectivity index (χ0v) is 15.5. The Morgan fingerprint density at radius 3 is 2.42 bits per heavy atom. The van der Waals surface area contributed by atoms with Crippen molar-refractivity contribution in [2.75, 3.05) is 37.6 Å². The third-order valence-corrected chi connectivity index (χ3v) is 5.42. The molecule has 0 radical (unpaired) electrons. The standard InChI is InChI=1S/C20H28FN3O2/c1-2-3-6-11-22-18(25)20(9-10-20)19(26)24-14-12-23(13-15-24)17-8-5-4-7-16(17)21/h4-5,7-8H,2-3,6,9-15H2,1H3,(H,22,25). The molecule has 2 aliphatic rings. The lowest BCUT2D eigenvalue weighted by molar-refractivity contribution is -0.144. The third-order valence-electron chi connectivity index (χ3n) is 5.42. The SMILES string of the molecule is CCCCCNC(=O)C1(C(=O)N2CCN(c3ccccc3F)CC2)CC1. The number of piperazine rings is 1. The van der Waals surface area contributed by atoms with Gasteiger partial charge in [-0.25, -0.2) is 4.39 Å². The molecule has 1 N–H and O–H groups in total. The molecule has 1 aliphatic carbocycles. The summed E-state index contributed by atoms with van der Waals surface area (Å²) in [6.07, 6.45) is 4.41. The van der Waals surface area contributed by atoms with Gasteiger partial charge in [0.2, 0.25) is 11.8 Å². The zero-order valence-electron chi connectivity index (χ0n) is 15.5. The number of amides is 2. The molecule has 2 fully saturated rings. The molecule has 1 aromatic carbocycles. The van der Waals surface area contributed by atoms with Crippen molar-refractivity contribution >= 4 is 17.5 Å². The minimum Gasteiger partial charge on any atom is -0.366 e. The highest BCUT2D eigenvalue weighted by molar-refractivity contribution is 6.07. The highest BCUT2D eigenvalue weighted by Gasteiger charge is 2.58. The second-order valence-corrected chi connectivity index (χ2v) is 7.28. The average Bonchev–Trinajstić information content (AvgIpc) is 3.47. The van der Waals surface area contributed by atoms with Crippen LogP contribution in [0, 0.1) is 11.2 Å². The molecule has 0 bridgehead atoms. The van der Waals surface area contributed by atoms with Crippen LogP contribution < -0.4 is 10.2 Å². The first kappa shape index (κ1) is 18.7. The highest BCUT2D eigenvalue weighted by atomic mass is 19.1. The van der Waals surface area contributed by atoms with E-state index in [1.54, 1.807) is 17.0 Å². The molecule has 3 rings (SSSR count). The van der Waals surface area contributed by atoms with Crippen molar-refractivity contribution < 1.29 is 14.0 Å². The molecule has 0 atom stereocenters. The van der Waals surface area contributed by atoms with Crippen LogP contribution in [0.5, 0.6) is 0 Å². The largest absolute Gasteiger partial charge is 0.366 e. The predicted molar refractivity (Wildman–Crippen MR) is 99.4 cm³/mol. The number of carbonyl (C=O) groups excluding carboxylic acids is 2. The van der Waals surface area contributed by atoms with E-state index in [1.807, 2.05) is 11.0 Å². The summed E-state index contributed by atoms with van der Waals surface area (Å²) in [7, 11) is 0. The minimum atomic E-state index is -0.841. The van der Waals surface area contributed by atoms with Crippen LogP contribution in [-0.4, -0.2) is 49.4 Å². The Hall–Kier alpha value is -2.11. The maximum atomic E-state index is 13.9. The van der Waals surface area contributed by atoms with Crippen LogP contribution in [0.2, 0.25) is 0 Å². The first-order valence-corrected chi connectivity index (χ1v) is 9.65. The molecule has 5 nitrogen and oxygen atoms in total. The van der Waals surface area contributed by atoms with Crippen LogP contribution in [0.4, 0.5) is 10.1 Å². The van der Waals surface area contributed by atoms with Crippen LogP contribution in [-0.2, 0) is 9.59 Å². The number of benzene rings is 1. The number of nitrogens with one attached hydrogen (secondary N) is 1. The van der Waals surface area contributed by atoms with Gasteiger partial charge in [-0.15, -0.1) is 0 Å². The van der Waals surface area contributed by atoms with Crippen molar-refractivity contribution in [3.05, 3.63) is 30.1 Å². The minimum absolute atomic E-state index is 0.0568. The molecule has 0 unspecified atom stereocenters. The zero-order chi connectivity index (χ0) is 18.6. The molecule has 0 aromatic heterocycles. The number of para-hydroxylation sites is 1. The number of nitrogens with zero attached hydrogens (tertiary/aromatic N) is 2. The Balaban J connectivity index is 1.53. The van der Waals surface area contributed by atoms with Gasteiger partial charge in [0.05, 0.1) is 5.69 Å². The van der Waals surface area contributed by atoms with Crippen LogP contribution in [0.25, 0.3) is 0 Å². The van der Waals surface area contributed by atoms with E-state index in [-0.39, 0.29) is 17.6 Å². The van der Waals surface area contributed by atoms with E-state index in [0.717, 1.165) is 19.3 Å². The molecular weight excluding hydrogens is 333 g/mol. The molecule has 6 heteroatoms. The Bertz CT molecular complexity index is 652.